The van der Waals surface area contributed by atoms with Gasteiger partial charge >= 0.3 is 6.09 Å². The molecule has 0 aliphatic carbocycles. The highest BCUT2D eigenvalue weighted by molar-refractivity contribution is 5.94. The second kappa shape index (κ2) is 14.4. The molecule has 2 atom stereocenters. The molecule has 2 aromatic rings. The van der Waals surface area contributed by atoms with Crippen molar-refractivity contribution >= 4 is 17.9 Å². The first kappa shape index (κ1) is 30.4. The highest BCUT2D eigenvalue weighted by atomic mass is 16.5. The van der Waals surface area contributed by atoms with Gasteiger partial charge in [-0.2, -0.15) is 0 Å². The minimum absolute atomic E-state index is 0.0753. The summed E-state index contributed by atoms with van der Waals surface area (Å²) >= 11 is 0. The fraction of sp³-hybridized carbons (Fsp3) is 0.607. The molecule has 3 heterocycles. The van der Waals surface area contributed by atoms with E-state index in [1.807, 2.05) is 44.2 Å². The largest absolute Gasteiger partial charge is 0.465 e. The Labute approximate surface area is 239 Å². The van der Waals surface area contributed by atoms with Crippen LogP contribution in [0.4, 0.5) is 4.79 Å². The Morgan fingerprint density at radius 2 is 1.83 bits per heavy atom. The lowest BCUT2D eigenvalue weighted by Crippen LogP contribution is -2.58. The Bertz CT molecular complexity index is 1170. The van der Waals surface area contributed by atoms with Crippen LogP contribution in [0.3, 0.4) is 0 Å². The Hall–Kier alpha value is -3.55. The molecule has 0 radical (unpaired) electrons. The average Bonchev–Trinajstić information content (AvgIpc) is 3.41. The monoisotopic (exact) mass is 572 g/mol. The zero-order valence-electron chi connectivity index (χ0n) is 24.0. The van der Waals surface area contributed by atoms with E-state index in [-0.39, 0.29) is 43.1 Å². The van der Waals surface area contributed by atoms with E-state index in [4.69, 9.17) is 14.2 Å². The smallest absolute Gasteiger partial charge is 0.407 e. The third kappa shape index (κ3) is 7.60. The zero-order valence-corrected chi connectivity index (χ0v) is 24.0. The molecule has 2 aliphatic rings. The van der Waals surface area contributed by atoms with Crippen LogP contribution in [0.5, 0.6) is 0 Å². The fourth-order valence-electron chi connectivity index (χ4n) is 5.29. The average molecular weight is 573 g/mol. The minimum Gasteiger partial charge on any atom is -0.465 e. The summed E-state index contributed by atoms with van der Waals surface area (Å²) in [5.74, 6) is -0.968. The molecule has 4 rings (SSSR count). The lowest BCUT2D eigenvalue weighted by atomic mass is 9.91. The second-order valence-corrected chi connectivity index (χ2v) is 10.7. The van der Waals surface area contributed by atoms with Crippen molar-refractivity contribution < 1.29 is 33.7 Å². The van der Waals surface area contributed by atoms with Gasteiger partial charge < -0.3 is 34.0 Å². The number of rotatable bonds is 11. The molecule has 0 spiro atoms. The Morgan fingerprint density at radius 3 is 2.49 bits per heavy atom. The predicted molar refractivity (Wildman–Crippen MR) is 148 cm³/mol. The molecular weight excluding hydrogens is 532 g/mol. The summed E-state index contributed by atoms with van der Waals surface area (Å²) in [5.41, 5.74) is 1.35. The number of hydrogen-bond donors (Lipinski definition) is 1. The first-order valence-corrected chi connectivity index (χ1v) is 14.0. The molecule has 13 heteroatoms. The number of nitrogens with zero attached hydrogens (tertiary/aromatic N) is 6. The van der Waals surface area contributed by atoms with Gasteiger partial charge in [0.1, 0.15) is 5.69 Å². The molecule has 3 amide bonds. The number of methoxy groups -OCH3 is 1. The third-order valence-corrected chi connectivity index (χ3v) is 7.27. The maximum absolute atomic E-state index is 14.2. The van der Waals surface area contributed by atoms with E-state index in [0.29, 0.717) is 58.2 Å². The van der Waals surface area contributed by atoms with E-state index in [2.05, 4.69) is 10.3 Å². The molecule has 224 valence electrons. The summed E-state index contributed by atoms with van der Waals surface area (Å²) in [4.78, 5) is 44.4. The number of ether oxygens (including phenoxy) is 3. The van der Waals surface area contributed by atoms with Gasteiger partial charge in [-0.3, -0.25) is 9.59 Å². The lowest BCUT2D eigenvalue weighted by molar-refractivity contribution is -0.142. The van der Waals surface area contributed by atoms with Crippen LogP contribution in [-0.2, 0) is 25.6 Å². The van der Waals surface area contributed by atoms with Gasteiger partial charge in [-0.1, -0.05) is 37.3 Å². The molecule has 0 saturated carbocycles. The van der Waals surface area contributed by atoms with Gasteiger partial charge in [0.25, 0.3) is 5.91 Å². The molecule has 1 aromatic carbocycles. The summed E-state index contributed by atoms with van der Waals surface area (Å²) in [5, 5.41) is 18.5. The van der Waals surface area contributed by atoms with Gasteiger partial charge in [0.15, 0.2) is 5.69 Å². The number of carbonyl (C=O) groups is 3. The maximum Gasteiger partial charge on any atom is 0.407 e. The topological polar surface area (TPSA) is 140 Å². The number of likely N-dealkylation sites (tertiary alicyclic amines) is 1. The number of morpholine rings is 1. The first-order valence-electron chi connectivity index (χ1n) is 14.0. The summed E-state index contributed by atoms with van der Waals surface area (Å²) in [6.07, 6.45) is -0.765. The highest BCUT2D eigenvalue weighted by Crippen LogP contribution is 2.27. The number of benzene rings is 1. The predicted octanol–water partition coefficient (Wildman–Crippen LogP) is 1.76. The van der Waals surface area contributed by atoms with Gasteiger partial charge in [0.2, 0.25) is 5.91 Å². The van der Waals surface area contributed by atoms with E-state index in [1.165, 1.54) is 4.90 Å². The van der Waals surface area contributed by atoms with Crippen LogP contribution >= 0.6 is 0 Å². The van der Waals surface area contributed by atoms with Gasteiger partial charge in [-0.15, -0.1) is 5.10 Å². The lowest BCUT2D eigenvalue weighted by Gasteiger charge is -2.43. The van der Waals surface area contributed by atoms with Crippen molar-refractivity contribution in [2.45, 2.75) is 32.9 Å². The van der Waals surface area contributed by atoms with Crippen LogP contribution in [0.25, 0.3) is 5.69 Å². The maximum atomic E-state index is 14.2. The number of hydrogen-bond acceptors (Lipinski definition) is 8. The van der Waals surface area contributed by atoms with Crippen molar-refractivity contribution in [2.24, 2.45) is 11.8 Å². The summed E-state index contributed by atoms with van der Waals surface area (Å²) in [7, 11) is 1.58. The Morgan fingerprint density at radius 1 is 1.10 bits per heavy atom. The number of amides is 3. The van der Waals surface area contributed by atoms with Crippen molar-refractivity contribution in [3.8, 4) is 5.69 Å². The Balaban J connectivity index is 1.65. The molecule has 0 unspecified atom stereocenters. The fourth-order valence-corrected chi connectivity index (χ4v) is 5.29. The van der Waals surface area contributed by atoms with E-state index < -0.39 is 18.1 Å². The molecule has 13 nitrogen and oxygen atoms in total. The van der Waals surface area contributed by atoms with Crippen molar-refractivity contribution in [1.29, 1.82) is 0 Å². The Kier molecular flexibility index (Phi) is 10.7. The quantitative estimate of drug-likeness (QED) is 0.399. The van der Waals surface area contributed by atoms with E-state index in [9.17, 15) is 19.5 Å². The van der Waals surface area contributed by atoms with Crippen LogP contribution in [0.2, 0.25) is 0 Å². The number of piperidine rings is 1. The normalized spacial score (nSPS) is 19.4. The summed E-state index contributed by atoms with van der Waals surface area (Å²) in [6.45, 7) is 7.17. The van der Waals surface area contributed by atoms with Crippen molar-refractivity contribution in [3.63, 3.8) is 0 Å². The highest BCUT2D eigenvalue weighted by Gasteiger charge is 2.41. The summed E-state index contributed by atoms with van der Waals surface area (Å²) in [6, 6.07) is 8.83. The van der Waals surface area contributed by atoms with Gasteiger partial charge in [0, 0.05) is 39.8 Å². The van der Waals surface area contributed by atoms with Gasteiger partial charge in [-0.25, -0.2) is 9.48 Å². The van der Waals surface area contributed by atoms with Crippen LogP contribution in [-0.4, -0.2) is 125 Å². The van der Waals surface area contributed by atoms with Crippen LogP contribution < -0.4 is 0 Å². The van der Waals surface area contributed by atoms with E-state index in [0.717, 1.165) is 5.69 Å². The number of aromatic nitrogens is 3. The molecule has 1 aromatic heterocycles. The van der Waals surface area contributed by atoms with Crippen molar-refractivity contribution in [3.05, 3.63) is 41.7 Å². The molecule has 1 N–H and O–H groups in total. The van der Waals surface area contributed by atoms with Gasteiger partial charge in [0.05, 0.1) is 50.7 Å². The molecule has 0 bridgehead atoms. The minimum atomic E-state index is -1.12. The van der Waals surface area contributed by atoms with Crippen LogP contribution in [0.15, 0.2) is 30.3 Å². The van der Waals surface area contributed by atoms with E-state index >= 15 is 0 Å². The van der Waals surface area contributed by atoms with Crippen molar-refractivity contribution in [1.82, 2.24) is 29.7 Å². The van der Waals surface area contributed by atoms with Gasteiger partial charge in [-0.05, 0) is 24.5 Å². The SMILES string of the molecule is COCCOCc1c(C(=O)N(CC(C)C)[C@H]2C[C@@H](C(=O)N3CCOCC3)CN(C(=O)O)C2)nnn1-c1ccccc1. The standard InChI is InChI=1S/C28H40N6O7/c1-20(2)16-33(23-15-21(17-32(18-23)28(37)38)26(35)31-9-11-40-12-10-31)27(36)25-24(19-41-14-13-39-3)34(30-29-25)22-7-5-4-6-8-22/h4-8,20-21,23H,9-19H2,1-3H3,(H,37,38)/t21-,23+/m1/s1. The van der Waals surface area contributed by atoms with Crippen LogP contribution in [0, 0.1) is 11.8 Å². The molecule has 2 saturated heterocycles. The van der Waals surface area contributed by atoms with Crippen molar-refractivity contribution in [2.75, 3.05) is 66.3 Å². The number of para-hydroxylation sites is 1. The molecule has 2 aliphatic heterocycles. The number of carboxylic acid groups (broad SMARTS) is 1. The summed E-state index contributed by atoms with van der Waals surface area (Å²) < 4.78 is 17.9. The third-order valence-electron chi connectivity index (χ3n) is 7.27. The molecular formula is C28H40N6O7. The zero-order chi connectivity index (χ0) is 29.4. The molecule has 41 heavy (non-hydrogen) atoms. The van der Waals surface area contributed by atoms with Crippen LogP contribution in [0.1, 0.15) is 36.5 Å². The number of carbonyl (C=O) groups excluding carboxylic acids is 2. The van der Waals surface area contributed by atoms with E-state index in [1.54, 1.807) is 21.6 Å². The molecule has 2 fully saturated rings. The second-order valence-electron chi connectivity index (χ2n) is 10.7. The first-order chi connectivity index (χ1) is 19.8.